The van der Waals surface area contributed by atoms with Gasteiger partial charge in [-0.25, -0.2) is 8.42 Å². The lowest BCUT2D eigenvalue weighted by Gasteiger charge is -2.28. The molecule has 2 fully saturated rings. The SMILES string of the molecule is Cn1cc(S(=O)(=O)N2CCCC2C2CCCN2)cn1. The Labute approximate surface area is 113 Å². The smallest absolute Gasteiger partial charge is 0.246 e. The third kappa shape index (κ3) is 2.30. The van der Waals surface area contributed by atoms with Crippen molar-refractivity contribution in [2.45, 2.75) is 42.7 Å². The molecule has 0 aromatic carbocycles. The van der Waals surface area contributed by atoms with Crippen molar-refractivity contribution in [3.8, 4) is 0 Å². The molecule has 2 aliphatic heterocycles. The molecule has 3 heterocycles. The average molecular weight is 284 g/mol. The summed E-state index contributed by atoms with van der Waals surface area (Å²) in [6.45, 7) is 1.63. The molecule has 1 aromatic heterocycles. The Balaban J connectivity index is 1.87. The second-order valence-corrected chi connectivity index (χ2v) is 7.27. The minimum absolute atomic E-state index is 0.104. The molecule has 0 spiro atoms. The highest BCUT2D eigenvalue weighted by Gasteiger charge is 2.40. The van der Waals surface area contributed by atoms with Crippen LogP contribution in [0.15, 0.2) is 17.3 Å². The molecule has 0 saturated carbocycles. The van der Waals surface area contributed by atoms with Gasteiger partial charge in [-0.3, -0.25) is 4.68 Å². The summed E-state index contributed by atoms with van der Waals surface area (Å²) >= 11 is 0. The van der Waals surface area contributed by atoms with Gasteiger partial charge in [-0.2, -0.15) is 9.40 Å². The quantitative estimate of drug-likeness (QED) is 0.868. The van der Waals surface area contributed by atoms with Crippen LogP contribution in [0.5, 0.6) is 0 Å². The van der Waals surface area contributed by atoms with Gasteiger partial charge in [0, 0.05) is 31.9 Å². The van der Waals surface area contributed by atoms with Crippen molar-refractivity contribution in [1.29, 1.82) is 0 Å². The van der Waals surface area contributed by atoms with Crippen molar-refractivity contribution in [3.63, 3.8) is 0 Å². The summed E-state index contributed by atoms with van der Waals surface area (Å²) < 4.78 is 28.5. The van der Waals surface area contributed by atoms with Crippen LogP contribution in [0, 0.1) is 0 Å². The van der Waals surface area contributed by atoms with Gasteiger partial charge in [-0.15, -0.1) is 0 Å². The molecule has 7 heteroatoms. The molecule has 19 heavy (non-hydrogen) atoms. The number of nitrogens with one attached hydrogen (secondary N) is 1. The predicted octanol–water partition coefficient (Wildman–Crippen LogP) is 0.325. The van der Waals surface area contributed by atoms with Crippen LogP contribution < -0.4 is 5.32 Å². The van der Waals surface area contributed by atoms with E-state index in [1.54, 1.807) is 17.5 Å². The Morgan fingerprint density at radius 2 is 2.21 bits per heavy atom. The van der Waals surface area contributed by atoms with Crippen LogP contribution in [0.1, 0.15) is 25.7 Å². The van der Waals surface area contributed by atoms with Crippen LogP contribution in [0.2, 0.25) is 0 Å². The van der Waals surface area contributed by atoms with Crippen molar-refractivity contribution < 1.29 is 8.42 Å². The minimum atomic E-state index is -3.39. The first kappa shape index (κ1) is 13.1. The maximum Gasteiger partial charge on any atom is 0.246 e. The monoisotopic (exact) mass is 284 g/mol. The summed E-state index contributed by atoms with van der Waals surface area (Å²) in [5, 5.41) is 7.40. The Morgan fingerprint density at radius 3 is 2.84 bits per heavy atom. The molecule has 6 nitrogen and oxygen atoms in total. The number of aromatic nitrogens is 2. The topological polar surface area (TPSA) is 67.2 Å². The molecule has 0 aliphatic carbocycles. The number of hydrogen-bond acceptors (Lipinski definition) is 4. The largest absolute Gasteiger partial charge is 0.312 e. The van der Waals surface area contributed by atoms with E-state index in [2.05, 4.69) is 10.4 Å². The van der Waals surface area contributed by atoms with Crippen LogP contribution in [-0.2, 0) is 17.1 Å². The number of sulfonamides is 1. The molecule has 0 radical (unpaired) electrons. The van der Waals surface area contributed by atoms with Gasteiger partial charge >= 0.3 is 0 Å². The summed E-state index contributed by atoms with van der Waals surface area (Å²) in [6, 6.07) is 0.418. The Morgan fingerprint density at radius 1 is 1.37 bits per heavy atom. The molecule has 0 bridgehead atoms. The summed E-state index contributed by atoms with van der Waals surface area (Å²) in [6.07, 6.45) is 7.13. The molecule has 3 rings (SSSR count). The minimum Gasteiger partial charge on any atom is -0.312 e. The Hall–Kier alpha value is -0.920. The first-order chi connectivity index (χ1) is 9.09. The van der Waals surface area contributed by atoms with E-state index < -0.39 is 10.0 Å². The van der Waals surface area contributed by atoms with E-state index in [1.165, 1.54) is 10.9 Å². The number of nitrogens with zero attached hydrogens (tertiary/aromatic N) is 3. The molecule has 2 saturated heterocycles. The van der Waals surface area contributed by atoms with Crippen LogP contribution in [-0.4, -0.2) is 47.7 Å². The summed E-state index contributed by atoms with van der Waals surface area (Å²) in [7, 11) is -1.66. The molecular weight excluding hydrogens is 264 g/mol. The van der Waals surface area contributed by atoms with Gasteiger partial charge in [-0.1, -0.05) is 0 Å². The zero-order valence-electron chi connectivity index (χ0n) is 11.1. The van der Waals surface area contributed by atoms with Gasteiger partial charge in [0.2, 0.25) is 10.0 Å². The number of rotatable bonds is 3. The highest BCUT2D eigenvalue weighted by atomic mass is 32.2. The van der Waals surface area contributed by atoms with E-state index in [0.29, 0.717) is 17.5 Å². The second kappa shape index (κ2) is 4.88. The second-order valence-electron chi connectivity index (χ2n) is 5.38. The first-order valence-corrected chi connectivity index (χ1v) is 8.27. The molecular formula is C12H20N4O2S. The summed E-state index contributed by atoms with van der Waals surface area (Å²) in [5.41, 5.74) is 0. The first-order valence-electron chi connectivity index (χ1n) is 6.83. The van der Waals surface area contributed by atoms with Crippen LogP contribution in [0.3, 0.4) is 0 Å². The zero-order valence-corrected chi connectivity index (χ0v) is 11.9. The molecule has 1 aromatic rings. The van der Waals surface area contributed by atoms with Gasteiger partial charge < -0.3 is 5.32 Å². The maximum absolute atomic E-state index is 12.7. The van der Waals surface area contributed by atoms with Crippen LogP contribution in [0.25, 0.3) is 0 Å². The standard InChI is InChI=1S/C12H20N4O2S/c1-15-9-10(8-14-15)19(17,18)16-7-3-5-12(16)11-4-2-6-13-11/h8-9,11-13H,2-7H2,1H3. The van der Waals surface area contributed by atoms with Crippen molar-refractivity contribution in [3.05, 3.63) is 12.4 Å². The summed E-state index contributed by atoms with van der Waals surface area (Å²) in [5.74, 6) is 0. The van der Waals surface area contributed by atoms with E-state index in [4.69, 9.17) is 0 Å². The van der Waals surface area contributed by atoms with E-state index in [9.17, 15) is 8.42 Å². The molecule has 1 N–H and O–H groups in total. The molecule has 2 aliphatic rings. The third-order valence-corrected chi connectivity index (χ3v) is 5.98. The van der Waals surface area contributed by atoms with Gasteiger partial charge in [0.05, 0.1) is 6.20 Å². The van der Waals surface area contributed by atoms with Crippen molar-refractivity contribution >= 4 is 10.0 Å². The zero-order chi connectivity index (χ0) is 13.5. The van der Waals surface area contributed by atoms with Crippen molar-refractivity contribution in [2.24, 2.45) is 7.05 Å². The normalized spacial score (nSPS) is 29.1. The van der Waals surface area contributed by atoms with Crippen LogP contribution >= 0.6 is 0 Å². The molecule has 2 unspecified atom stereocenters. The molecule has 0 amide bonds. The lowest BCUT2D eigenvalue weighted by atomic mass is 10.1. The number of aryl methyl sites for hydroxylation is 1. The average Bonchev–Trinajstić information content (AvgIpc) is 3.09. The third-order valence-electron chi connectivity index (χ3n) is 4.10. The fraction of sp³-hybridized carbons (Fsp3) is 0.750. The lowest BCUT2D eigenvalue weighted by molar-refractivity contribution is 0.322. The fourth-order valence-corrected chi connectivity index (χ4v) is 4.89. The Kier molecular flexibility index (Phi) is 3.36. The molecule has 106 valence electrons. The van der Waals surface area contributed by atoms with E-state index in [0.717, 1.165) is 32.2 Å². The summed E-state index contributed by atoms with van der Waals surface area (Å²) in [4.78, 5) is 0.305. The van der Waals surface area contributed by atoms with Gasteiger partial charge in [-0.05, 0) is 32.2 Å². The highest BCUT2D eigenvalue weighted by molar-refractivity contribution is 7.89. The molecule has 2 atom stereocenters. The highest BCUT2D eigenvalue weighted by Crippen LogP contribution is 2.30. The van der Waals surface area contributed by atoms with Crippen molar-refractivity contribution in [1.82, 2.24) is 19.4 Å². The fourth-order valence-electron chi connectivity index (χ4n) is 3.17. The van der Waals surface area contributed by atoms with Gasteiger partial charge in [0.25, 0.3) is 0 Å². The van der Waals surface area contributed by atoms with Crippen LogP contribution in [0.4, 0.5) is 0 Å². The van der Waals surface area contributed by atoms with E-state index in [1.807, 2.05) is 0 Å². The van der Waals surface area contributed by atoms with Gasteiger partial charge in [0.15, 0.2) is 0 Å². The van der Waals surface area contributed by atoms with E-state index >= 15 is 0 Å². The van der Waals surface area contributed by atoms with E-state index in [-0.39, 0.29) is 6.04 Å². The van der Waals surface area contributed by atoms with Gasteiger partial charge in [0.1, 0.15) is 4.90 Å². The predicted molar refractivity (Wildman–Crippen MR) is 71.1 cm³/mol. The Bertz CT molecular complexity index is 548. The maximum atomic E-state index is 12.7. The lowest BCUT2D eigenvalue weighted by Crippen LogP contribution is -2.46. The number of hydrogen-bond donors (Lipinski definition) is 1. The van der Waals surface area contributed by atoms with Crippen molar-refractivity contribution in [2.75, 3.05) is 13.1 Å².